The van der Waals surface area contributed by atoms with Crippen molar-refractivity contribution in [2.75, 3.05) is 13.2 Å². The van der Waals surface area contributed by atoms with Crippen molar-refractivity contribution in [2.24, 2.45) is 0 Å². The molecule has 1 heterocycles. The molecular weight excluding hydrogens is 210 g/mol. The molecule has 0 aromatic heterocycles. The van der Waals surface area contributed by atoms with Crippen LogP contribution in [-0.4, -0.2) is 18.1 Å². The first kappa shape index (κ1) is 10.5. The van der Waals surface area contributed by atoms with E-state index in [1.54, 1.807) is 18.2 Å². The number of benzene rings is 1. The van der Waals surface area contributed by atoms with E-state index in [0.717, 1.165) is 5.56 Å². The van der Waals surface area contributed by atoms with E-state index in [9.17, 15) is 10.1 Å². The first-order valence-corrected chi connectivity index (χ1v) is 4.89. The molecule has 0 saturated heterocycles. The molecule has 0 saturated carbocycles. The Hall–Kier alpha value is -2.04. The molecule has 0 bridgehead atoms. The maximum absolute atomic E-state index is 10.5. The fraction of sp³-hybridized carbons (Fsp3) is 0.273. The molecule has 0 N–H and O–H groups in total. The zero-order chi connectivity index (χ0) is 11.5. The Kier molecular flexibility index (Phi) is 2.76. The molecule has 1 aliphatic rings. The molecule has 0 fully saturated rings. The van der Waals surface area contributed by atoms with Crippen LogP contribution in [0.1, 0.15) is 12.5 Å². The molecule has 2 rings (SSSR count). The van der Waals surface area contributed by atoms with Gasteiger partial charge in [-0.25, -0.2) is 0 Å². The molecule has 5 heteroatoms. The van der Waals surface area contributed by atoms with Gasteiger partial charge in [-0.1, -0.05) is 6.07 Å². The van der Waals surface area contributed by atoms with Crippen molar-refractivity contribution >= 4 is 6.08 Å². The minimum atomic E-state index is -0.420. The zero-order valence-corrected chi connectivity index (χ0v) is 8.80. The molecule has 0 radical (unpaired) electrons. The van der Waals surface area contributed by atoms with Gasteiger partial charge in [0, 0.05) is 13.0 Å². The van der Waals surface area contributed by atoms with E-state index in [1.165, 1.54) is 13.0 Å². The van der Waals surface area contributed by atoms with Crippen molar-refractivity contribution in [3.8, 4) is 11.5 Å². The fourth-order valence-electron chi connectivity index (χ4n) is 1.44. The van der Waals surface area contributed by atoms with E-state index in [-0.39, 0.29) is 5.70 Å². The number of allylic oxidation sites excluding steroid dienone is 1. The third-order valence-corrected chi connectivity index (χ3v) is 2.23. The lowest BCUT2D eigenvalue weighted by Gasteiger charge is -2.18. The Balaban J connectivity index is 2.30. The van der Waals surface area contributed by atoms with Crippen molar-refractivity contribution in [3.05, 3.63) is 39.6 Å². The van der Waals surface area contributed by atoms with Gasteiger partial charge in [0.15, 0.2) is 11.5 Å². The third-order valence-electron chi connectivity index (χ3n) is 2.23. The van der Waals surface area contributed by atoms with Gasteiger partial charge < -0.3 is 9.47 Å². The Morgan fingerprint density at radius 2 is 2.06 bits per heavy atom. The van der Waals surface area contributed by atoms with Crippen molar-refractivity contribution in [1.29, 1.82) is 0 Å². The van der Waals surface area contributed by atoms with Crippen LogP contribution in [0.3, 0.4) is 0 Å². The van der Waals surface area contributed by atoms with Gasteiger partial charge in [0.05, 0.1) is 4.92 Å². The minimum Gasteiger partial charge on any atom is -0.486 e. The summed E-state index contributed by atoms with van der Waals surface area (Å²) in [5.74, 6) is 1.32. The SMILES string of the molecule is CC(=Cc1ccc2c(c1)OCCO2)[N+](=O)[O-]. The minimum absolute atomic E-state index is 0.0941. The average molecular weight is 221 g/mol. The molecule has 0 atom stereocenters. The molecule has 1 aromatic rings. The first-order valence-electron chi connectivity index (χ1n) is 4.89. The lowest BCUT2D eigenvalue weighted by atomic mass is 10.1. The molecule has 0 aliphatic carbocycles. The fourth-order valence-corrected chi connectivity index (χ4v) is 1.44. The summed E-state index contributed by atoms with van der Waals surface area (Å²) < 4.78 is 10.7. The van der Waals surface area contributed by atoms with Gasteiger partial charge in [0.2, 0.25) is 5.70 Å². The second kappa shape index (κ2) is 4.22. The molecule has 0 unspecified atom stereocenters. The molecule has 0 spiro atoms. The molecule has 1 aromatic carbocycles. The highest BCUT2D eigenvalue weighted by Gasteiger charge is 2.11. The number of hydrogen-bond acceptors (Lipinski definition) is 4. The Labute approximate surface area is 92.4 Å². The molecular formula is C11H11NO4. The van der Waals surface area contributed by atoms with Gasteiger partial charge in [0.25, 0.3) is 0 Å². The van der Waals surface area contributed by atoms with Gasteiger partial charge in [0.1, 0.15) is 13.2 Å². The summed E-state index contributed by atoms with van der Waals surface area (Å²) in [6.07, 6.45) is 1.50. The predicted molar refractivity (Wildman–Crippen MR) is 58.1 cm³/mol. The van der Waals surface area contributed by atoms with Gasteiger partial charge in [-0.05, 0) is 17.7 Å². The number of rotatable bonds is 2. The van der Waals surface area contributed by atoms with Crippen LogP contribution in [0.5, 0.6) is 11.5 Å². The van der Waals surface area contributed by atoms with Crippen LogP contribution in [0, 0.1) is 10.1 Å². The van der Waals surface area contributed by atoms with Crippen LogP contribution in [0.4, 0.5) is 0 Å². The van der Waals surface area contributed by atoms with Crippen LogP contribution in [0.2, 0.25) is 0 Å². The Morgan fingerprint density at radius 3 is 2.75 bits per heavy atom. The number of nitro groups is 1. The summed E-state index contributed by atoms with van der Waals surface area (Å²) in [6, 6.07) is 5.26. The summed E-state index contributed by atoms with van der Waals surface area (Å²) >= 11 is 0. The maximum Gasteiger partial charge on any atom is 0.243 e. The summed E-state index contributed by atoms with van der Waals surface area (Å²) in [4.78, 5) is 10.1. The largest absolute Gasteiger partial charge is 0.486 e. The van der Waals surface area contributed by atoms with Crippen molar-refractivity contribution in [1.82, 2.24) is 0 Å². The van der Waals surface area contributed by atoms with Crippen LogP contribution in [0.15, 0.2) is 23.9 Å². The van der Waals surface area contributed by atoms with E-state index >= 15 is 0 Å². The van der Waals surface area contributed by atoms with Gasteiger partial charge in [-0.3, -0.25) is 10.1 Å². The van der Waals surface area contributed by atoms with Gasteiger partial charge in [-0.2, -0.15) is 0 Å². The maximum atomic E-state index is 10.5. The topological polar surface area (TPSA) is 61.6 Å². The van der Waals surface area contributed by atoms with Crippen molar-refractivity contribution < 1.29 is 14.4 Å². The molecule has 84 valence electrons. The van der Waals surface area contributed by atoms with E-state index in [1.807, 2.05) is 0 Å². The number of ether oxygens (including phenoxy) is 2. The lowest BCUT2D eigenvalue weighted by molar-refractivity contribution is -0.422. The molecule has 5 nitrogen and oxygen atoms in total. The van der Waals surface area contributed by atoms with Crippen molar-refractivity contribution in [3.63, 3.8) is 0 Å². The summed E-state index contributed by atoms with van der Waals surface area (Å²) in [5.41, 5.74) is 0.829. The first-order chi connectivity index (χ1) is 7.66. The molecule has 0 amide bonds. The smallest absolute Gasteiger partial charge is 0.243 e. The number of hydrogen-bond donors (Lipinski definition) is 0. The Morgan fingerprint density at radius 1 is 1.38 bits per heavy atom. The van der Waals surface area contributed by atoms with Crippen LogP contribution < -0.4 is 9.47 Å². The summed E-state index contributed by atoms with van der Waals surface area (Å²) in [6.45, 7) is 2.50. The van der Waals surface area contributed by atoms with E-state index in [4.69, 9.17) is 9.47 Å². The van der Waals surface area contributed by atoms with E-state index in [2.05, 4.69) is 0 Å². The van der Waals surface area contributed by atoms with E-state index < -0.39 is 4.92 Å². The highest BCUT2D eigenvalue weighted by molar-refractivity contribution is 5.57. The van der Waals surface area contributed by atoms with Crippen molar-refractivity contribution in [2.45, 2.75) is 6.92 Å². The number of nitrogens with zero attached hydrogens (tertiary/aromatic N) is 1. The zero-order valence-electron chi connectivity index (χ0n) is 8.80. The van der Waals surface area contributed by atoms with Gasteiger partial charge >= 0.3 is 0 Å². The predicted octanol–water partition coefficient (Wildman–Crippen LogP) is 2.10. The van der Waals surface area contributed by atoms with Crippen LogP contribution >= 0.6 is 0 Å². The average Bonchev–Trinajstić information content (AvgIpc) is 2.28. The number of fused-ring (bicyclic) bond motifs is 1. The second-order valence-corrected chi connectivity index (χ2v) is 3.45. The van der Waals surface area contributed by atoms with Gasteiger partial charge in [-0.15, -0.1) is 0 Å². The van der Waals surface area contributed by atoms with Crippen LogP contribution in [0.25, 0.3) is 6.08 Å². The Bertz CT molecular complexity index is 453. The standard InChI is InChI=1S/C11H11NO4/c1-8(12(13)14)6-9-2-3-10-11(7-9)16-5-4-15-10/h2-3,6-7H,4-5H2,1H3. The summed E-state index contributed by atoms with van der Waals surface area (Å²) in [5, 5.41) is 10.5. The highest BCUT2D eigenvalue weighted by atomic mass is 16.6. The highest BCUT2D eigenvalue weighted by Crippen LogP contribution is 2.31. The van der Waals surface area contributed by atoms with E-state index in [0.29, 0.717) is 24.7 Å². The van der Waals surface area contributed by atoms with Crippen LogP contribution in [-0.2, 0) is 0 Å². The lowest BCUT2D eigenvalue weighted by Crippen LogP contribution is -2.15. The monoisotopic (exact) mass is 221 g/mol. The molecule has 16 heavy (non-hydrogen) atoms. The third kappa shape index (κ3) is 2.13. The second-order valence-electron chi connectivity index (χ2n) is 3.45. The normalized spacial score (nSPS) is 14.7. The summed E-state index contributed by atoms with van der Waals surface area (Å²) in [7, 11) is 0. The molecule has 1 aliphatic heterocycles. The quantitative estimate of drug-likeness (QED) is 0.566.